The molecule has 0 radical (unpaired) electrons. The van der Waals surface area contributed by atoms with Gasteiger partial charge in [-0.15, -0.1) is 0 Å². The Morgan fingerprint density at radius 1 is 1.10 bits per heavy atom. The first kappa shape index (κ1) is 12.5. The van der Waals surface area contributed by atoms with Crippen LogP contribution in [0.1, 0.15) is 21.6 Å². The first-order chi connectivity index (χ1) is 9.65. The van der Waals surface area contributed by atoms with Crippen molar-refractivity contribution < 1.29 is 4.79 Å². The van der Waals surface area contributed by atoms with Gasteiger partial charge in [-0.2, -0.15) is 0 Å². The SMILES string of the molecule is Cc1cc2ccccc2n1Cc1ccc(C(N)=O)cc1. The fourth-order valence-corrected chi connectivity index (χ4v) is 2.52. The van der Waals surface area contributed by atoms with Gasteiger partial charge < -0.3 is 10.3 Å². The molecule has 100 valence electrons. The molecule has 2 N–H and O–H groups in total. The van der Waals surface area contributed by atoms with Crippen LogP contribution >= 0.6 is 0 Å². The van der Waals surface area contributed by atoms with E-state index in [9.17, 15) is 4.79 Å². The smallest absolute Gasteiger partial charge is 0.248 e. The second-order valence-corrected chi connectivity index (χ2v) is 4.99. The lowest BCUT2D eigenvalue weighted by Gasteiger charge is -2.09. The van der Waals surface area contributed by atoms with Crippen LogP contribution in [0.3, 0.4) is 0 Å². The normalized spacial score (nSPS) is 10.8. The number of amides is 1. The van der Waals surface area contributed by atoms with Gasteiger partial charge in [0.1, 0.15) is 0 Å². The van der Waals surface area contributed by atoms with E-state index in [0.29, 0.717) is 5.56 Å². The molecule has 0 spiro atoms. The summed E-state index contributed by atoms with van der Waals surface area (Å²) >= 11 is 0. The average molecular weight is 264 g/mol. The molecule has 3 aromatic rings. The molecule has 3 nitrogen and oxygen atoms in total. The quantitative estimate of drug-likeness (QED) is 0.776. The molecule has 20 heavy (non-hydrogen) atoms. The minimum atomic E-state index is -0.390. The van der Waals surface area contributed by atoms with Gasteiger partial charge in [-0.25, -0.2) is 0 Å². The van der Waals surface area contributed by atoms with Crippen molar-refractivity contribution in [2.45, 2.75) is 13.5 Å². The molecule has 1 aromatic heterocycles. The topological polar surface area (TPSA) is 48.0 Å². The van der Waals surface area contributed by atoms with Crippen LogP contribution in [-0.4, -0.2) is 10.5 Å². The summed E-state index contributed by atoms with van der Waals surface area (Å²) in [5, 5.41) is 1.25. The van der Waals surface area contributed by atoms with Gasteiger partial charge in [-0.3, -0.25) is 4.79 Å². The van der Waals surface area contributed by atoms with Crippen LogP contribution in [0.25, 0.3) is 10.9 Å². The van der Waals surface area contributed by atoms with Crippen molar-refractivity contribution >= 4 is 16.8 Å². The van der Waals surface area contributed by atoms with Gasteiger partial charge in [0, 0.05) is 23.3 Å². The Hall–Kier alpha value is -2.55. The molecule has 3 heteroatoms. The molecule has 0 unspecified atom stereocenters. The minimum Gasteiger partial charge on any atom is -0.366 e. The number of rotatable bonds is 3. The van der Waals surface area contributed by atoms with Gasteiger partial charge >= 0.3 is 0 Å². The second-order valence-electron chi connectivity index (χ2n) is 4.99. The van der Waals surface area contributed by atoms with Crippen LogP contribution in [0.15, 0.2) is 54.6 Å². The lowest BCUT2D eigenvalue weighted by atomic mass is 10.1. The van der Waals surface area contributed by atoms with Crippen molar-refractivity contribution in [1.82, 2.24) is 4.57 Å². The summed E-state index contributed by atoms with van der Waals surface area (Å²) in [5.74, 6) is -0.390. The summed E-state index contributed by atoms with van der Waals surface area (Å²) in [4.78, 5) is 11.1. The maximum Gasteiger partial charge on any atom is 0.248 e. The van der Waals surface area contributed by atoms with E-state index in [-0.39, 0.29) is 5.91 Å². The van der Waals surface area contributed by atoms with Crippen molar-refractivity contribution in [3.63, 3.8) is 0 Å². The molecule has 0 saturated carbocycles. The molecule has 0 saturated heterocycles. The summed E-state index contributed by atoms with van der Waals surface area (Å²) in [5.41, 5.74) is 9.40. The molecular weight excluding hydrogens is 248 g/mol. The fraction of sp³-hybridized carbons (Fsp3) is 0.118. The largest absolute Gasteiger partial charge is 0.366 e. The van der Waals surface area contributed by atoms with Crippen LogP contribution in [0, 0.1) is 6.92 Å². The highest BCUT2D eigenvalue weighted by Crippen LogP contribution is 2.20. The molecule has 0 atom stereocenters. The molecule has 1 amide bonds. The fourth-order valence-electron chi connectivity index (χ4n) is 2.52. The van der Waals surface area contributed by atoms with Gasteiger partial charge in [0.2, 0.25) is 5.91 Å². The third-order valence-corrected chi connectivity index (χ3v) is 3.60. The Balaban J connectivity index is 1.96. The standard InChI is InChI=1S/C17H16N2O/c1-12-10-15-4-2-3-5-16(15)19(12)11-13-6-8-14(9-7-13)17(18)20/h2-10H,11H2,1H3,(H2,18,20). The number of carbonyl (C=O) groups excluding carboxylic acids is 1. The number of hydrogen-bond acceptors (Lipinski definition) is 1. The van der Waals surface area contributed by atoms with E-state index in [1.165, 1.54) is 16.6 Å². The molecular formula is C17H16N2O. The van der Waals surface area contributed by atoms with Crippen LogP contribution in [0.4, 0.5) is 0 Å². The molecule has 0 aliphatic carbocycles. The number of primary amides is 1. The van der Waals surface area contributed by atoms with Crippen LogP contribution in [0.5, 0.6) is 0 Å². The molecule has 0 aliphatic heterocycles. The number of benzene rings is 2. The maximum atomic E-state index is 11.1. The highest BCUT2D eigenvalue weighted by molar-refractivity contribution is 5.92. The Bertz CT molecular complexity index is 769. The van der Waals surface area contributed by atoms with E-state index in [2.05, 4.69) is 35.8 Å². The van der Waals surface area contributed by atoms with E-state index in [1.54, 1.807) is 12.1 Å². The Morgan fingerprint density at radius 3 is 2.50 bits per heavy atom. The highest BCUT2D eigenvalue weighted by atomic mass is 16.1. The second kappa shape index (κ2) is 4.85. The van der Waals surface area contributed by atoms with Gasteiger partial charge in [0.25, 0.3) is 0 Å². The number of para-hydroxylation sites is 1. The van der Waals surface area contributed by atoms with Crippen molar-refractivity contribution in [2.24, 2.45) is 5.73 Å². The number of hydrogen-bond donors (Lipinski definition) is 1. The van der Waals surface area contributed by atoms with Crippen LogP contribution in [-0.2, 0) is 6.54 Å². The van der Waals surface area contributed by atoms with E-state index >= 15 is 0 Å². The monoisotopic (exact) mass is 264 g/mol. The Morgan fingerprint density at radius 2 is 1.80 bits per heavy atom. The third-order valence-electron chi connectivity index (χ3n) is 3.60. The van der Waals surface area contributed by atoms with Crippen molar-refractivity contribution in [3.8, 4) is 0 Å². The summed E-state index contributed by atoms with van der Waals surface area (Å²) in [7, 11) is 0. The van der Waals surface area contributed by atoms with Crippen molar-refractivity contribution in [1.29, 1.82) is 0 Å². The van der Waals surface area contributed by atoms with E-state index < -0.39 is 0 Å². The number of carbonyl (C=O) groups is 1. The number of aromatic nitrogens is 1. The van der Waals surface area contributed by atoms with Crippen molar-refractivity contribution in [2.75, 3.05) is 0 Å². The zero-order chi connectivity index (χ0) is 14.1. The molecule has 0 aliphatic rings. The van der Waals surface area contributed by atoms with Gasteiger partial charge in [-0.05, 0) is 42.1 Å². The lowest BCUT2D eigenvalue weighted by molar-refractivity contribution is 0.100. The molecule has 0 bridgehead atoms. The minimum absolute atomic E-state index is 0.390. The Kier molecular flexibility index (Phi) is 3.03. The molecule has 2 aromatic carbocycles. The predicted molar refractivity (Wildman–Crippen MR) is 80.7 cm³/mol. The molecule has 1 heterocycles. The predicted octanol–water partition coefficient (Wildman–Crippen LogP) is 3.10. The van der Waals surface area contributed by atoms with Gasteiger partial charge in [0.15, 0.2) is 0 Å². The zero-order valence-electron chi connectivity index (χ0n) is 11.3. The van der Waals surface area contributed by atoms with Gasteiger partial charge in [0.05, 0.1) is 0 Å². The number of fused-ring (bicyclic) bond motifs is 1. The Labute approximate surface area is 117 Å². The number of aryl methyl sites for hydroxylation is 1. The molecule has 3 rings (SSSR count). The molecule has 0 fully saturated rings. The van der Waals surface area contributed by atoms with Crippen LogP contribution in [0.2, 0.25) is 0 Å². The maximum absolute atomic E-state index is 11.1. The summed E-state index contributed by atoms with van der Waals surface area (Å²) in [6.07, 6.45) is 0. The summed E-state index contributed by atoms with van der Waals surface area (Å²) < 4.78 is 2.27. The van der Waals surface area contributed by atoms with E-state index in [0.717, 1.165) is 12.1 Å². The summed E-state index contributed by atoms with van der Waals surface area (Å²) in [6.45, 7) is 2.90. The van der Waals surface area contributed by atoms with Crippen LogP contribution < -0.4 is 5.73 Å². The number of nitrogens with two attached hydrogens (primary N) is 1. The van der Waals surface area contributed by atoms with E-state index in [1.807, 2.05) is 18.2 Å². The zero-order valence-corrected chi connectivity index (χ0v) is 11.3. The summed E-state index contributed by atoms with van der Waals surface area (Å²) in [6, 6.07) is 18.0. The third kappa shape index (κ3) is 2.18. The highest BCUT2D eigenvalue weighted by Gasteiger charge is 2.06. The first-order valence-corrected chi connectivity index (χ1v) is 6.59. The van der Waals surface area contributed by atoms with E-state index in [4.69, 9.17) is 5.73 Å². The van der Waals surface area contributed by atoms with Crippen molar-refractivity contribution in [3.05, 3.63) is 71.4 Å². The average Bonchev–Trinajstić information content (AvgIpc) is 2.76. The lowest BCUT2D eigenvalue weighted by Crippen LogP contribution is -2.10. The number of nitrogens with zero attached hydrogens (tertiary/aromatic N) is 1. The first-order valence-electron chi connectivity index (χ1n) is 6.59. The van der Waals surface area contributed by atoms with Gasteiger partial charge in [-0.1, -0.05) is 30.3 Å².